The summed E-state index contributed by atoms with van der Waals surface area (Å²) in [5.41, 5.74) is 1.06. The summed E-state index contributed by atoms with van der Waals surface area (Å²) in [7, 11) is -3.19. The Morgan fingerprint density at radius 1 is 1.22 bits per heavy atom. The van der Waals surface area contributed by atoms with Crippen molar-refractivity contribution in [1.82, 2.24) is 9.29 Å². The molecule has 0 bridgehead atoms. The summed E-state index contributed by atoms with van der Waals surface area (Å²) in [6.07, 6.45) is 5.89. The highest BCUT2D eigenvalue weighted by atomic mass is 32.2. The summed E-state index contributed by atoms with van der Waals surface area (Å²) < 4.78 is 37.8. The Balaban J connectivity index is 1.48. The Morgan fingerprint density at radius 3 is 2.70 bits per heavy atom. The van der Waals surface area contributed by atoms with Crippen molar-refractivity contribution in [2.45, 2.75) is 32.0 Å². The van der Waals surface area contributed by atoms with E-state index in [0.29, 0.717) is 32.9 Å². The van der Waals surface area contributed by atoms with E-state index < -0.39 is 10.0 Å². The van der Waals surface area contributed by atoms with Gasteiger partial charge in [0.25, 0.3) is 0 Å². The molecule has 7 heteroatoms. The van der Waals surface area contributed by atoms with E-state index in [0.717, 1.165) is 24.8 Å². The number of pyridine rings is 1. The maximum Gasteiger partial charge on any atom is 0.214 e. The number of hydrogen-bond donors (Lipinski definition) is 0. The van der Waals surface area contributed by atoms with E-state index in [9.17, 15) is 8.42 Å². The number of rotatable bonds is 6. The standard InChI is InChI=1S/C16H24N2O4S/c19-23(20,13-15-4-9-21-10-5-15)18-8-3-16(11-18)22-12-14-1-6-17-7-2-14/h1-2,6-7,15-16H,3-5,8-13H2. The second kappa shape index (κ2) is 7.70. The third kappa shape index (κ3) is 4.73. The van der Waals surface area contributed by atoms with E-state index >= 15 is 0 Å². The van der Waals surface area contributed by atoms with Crippen LogP contribution in [0.3, 0.4) is 0 Å². The fourth-order valence-electron chi connectivity index (χ4n) is 3.10. The lowest BCUT2D eigenvalue weighted by Crippen LogP contribution is -2.35. The molecular weight excluding hydrogens is 316 g/mol. The smallest absolute Gasteiger partial charge is 0.214 e. The van der Waals surface area contributed by atoms with Gasteiger partial charge in [0.1, 0.15) is 0 Å². The zero-order chi connectivity index (χ0) is 16.1. The normalized spacial score (nSPS) is 24.1. The summed E-state index contributed by atoms with van der Waals surface area (Å²) >= 11 is 0. The van der Waals surface area contributed by atoms with Crippen LogP contribution in [0.15, 0.2) is 24.5 Å². The third-order valence-electron chi connectivity index (χ3n) is 4.52. The Kier molecular flexibility index (Phi) is 5.63. The lowest BCUT2D eigenvalue weighted by molar-refractivity contribution is 0.0507. The number of sulfonamides is 1. The van der Waals surface area contributed by atoms with Crippen LogP contribution < -0.4 is 0 Å². The molecule has 2 aliphatic heterocycles. The summed E-state index contributed by atoms with van der Waals surface area (Å²) in [4.78, 5) is 3.97. The maximum atomic E-state index is 12.5. The van der Waals surface area contributed by atoms with Crippen LogP contribution in [-0.2, 0) is 26.1 Å². The first-order chi connectivity index (χ1) is 11.1. The molecular formula is C16H24N2O4S. The monoisotopic (exact) mass is 340 g/mol. The summed E-state index contributed by atoms with van der Waals surface area (Å²) in [5, 5.41) is 0. The molecule has 1 unspecified atom stereocenters. The van der Waals surface area contributed by atoms with Crippen LogP contribution >= 0.6 is 0 Å². The fourth-order valence-corrected chi connectivity index (χ4v) is 5.01. The average molecular weight is 340 g/mol. The molecule has 0 aliphatic carbocycles. The minimum absolute atomic E-state index is 0.0207. The number of ether oxygens (including phenoxy) is 2. The molecule has 0 aromatic carbocycles. The minimum Gasteiger partial charge on any atom is -0.381 e. The van der Waals surface area contributed by atoms with Crippen molar-refractivity contribution in [2.75, 3.05) is 32.1 Å². The predicted octanol–water partition coefficient (Wildman–Crippen LogP) is 1.43. The zero-order valence-corrected chi connectivity index (χ0v) is 14.1. The Bertz CT molecular complexity index is 587. The van der Waals surface area contributed by atoms with Crippen LogP contribution in [0.1, 0.15) is 24.8 Å². The lowest BCUT2D eigenvalue weighted by Gasteiger charge is -2.24. The van der Waals surface area contributed by atoms with Gasteiger partial charge in [-0.2, -0.15) is 4.31 Å². The molecule has 6 nitrogen and oxygen atoms in total. The second-order valence-electron chi connectivity index (χ2n) is 6.27. The van der Waals surface area contributed by atoms with Gasteiger partial charge in [-0.1, -0.05) is 0 Å². The molecule has 0 radical (unpaired) electrons. The van der Waals surface area contributed by atoms with Crippen LogP contribution in [0.5, 0.6) is 0 Å². The second-order valence-corrected chi connectivity index (χ2v) is 8.28. The molecule has 3 rings (SSSR count). The van der Waals surface area contributed by atoms with Gasteiger partial charge in [-0.05, 0) is 42.9 Å². The topological polar surface area (TPSA) is 68.7 Å². The van der Waals surface area contributed by atoms with Gasteiger partial charge in [0.2, 0.25) is 10.0 Å². The Morgan fingerprint density at radius 2 is 1.96 bits per heavy atom. The SMILES string of the molecule is O=S(=O)(CC1CCOCC1)N1CCC(OCc2ccncc2)C1. The van der Waals surface area contributed by atoms with Gasteiger partial charge in [0.05, 0.1) is 18.5 Å². The molecule has 1 aromatic rings. The third-order valence-corrected chi connectivity index (χ3v) is 6.53. The van der Waals surface area contributed by atoms with Crippen LogP contribution in [0.25, 0.3) is 0 Å². The Labute approximate surface area is 137 Å². The maximum absolute atomic E-state index is 12.5. The first kappa shape index (κ1) is 16.8. The van der Waals surface area contributed by atoms with E-state index in [1.54, 1.807) is 16.7 Å². The van der Waals surface area contributed by atoms with Crippen molar-refractivity contribution in [3.05, 3.63) is 30.1 Å². The van der Waals surface area contributed by atoms with Gasteiger partial charge in [0.15, 0.2) is 0 Å². The molecule has 0 N–H and O–H groups in total. The highest BCUT2D eigenvalue weighted by Gasteiger charge is 2.33. The number of nitrogens with zero attached hydrogens (tertiary/aromatic N) is 2. The largest absolute Gasteiger partial charge is 0.381 e. The summed E-state index contributed by atoms with van der Waals surface area (Å²) in [6.45, 7) is 2.89. The molecule has 1 aromatic heterocycles. The van der Waals surface area contributed by atoms with Crippen molar-refractivity contribution in [3.63, 3.8) is 0 Å². The molecule has 2 aliphatic rings. The number of hydrogen-bond acceptors (Lipinski definition) is 5. The van der Waals surface area contributed by atoms with Gasteiger partial charge in [-0.15, -0.1) is 0 Å². The van der Waals surface area contributed by atoms with Gasteiger partial charge >= 0.3 is 0 Å². The zero-order valence-electron chi connectivity index (χ0n) is 13.3. The van der Waals surface area contributed by atoms with Crippen LogP contribution in [0.2, 0.25) is 0 Å². The van der Waals surface area contributed by atoms with Crippen LogP contribution in [0, 0.1) is 5.92 Å². The molecule has 1 atom stereocenters. The molecule has 0 amide bonds. The van der Waals surface area contributed by atoms with Crippen molar-refractivity contribution in [1.29, 1.82) is 0 Å². The lowest BCUT2D eigenvalue weighted by atomic mass is 10.0. The van der Waals surface area contributed by atoms with E-state index in [2.05, 4.69) is 4.98 Å². The highest BCUT2D eigenvalue weighted by Crippen LogP contribution is 2.23. The fraction of sp³-hybridized carbons (Fsp3) is 0.688. The molecule has 23 heavy (non-hydrogen) atoms. The predicted molar refractivity (Wildman–Crippen MR) is 86.3 cm³/mol. The molecule has 0 spiro atoms. The number of aromatic nitrogens is 1. The van der Waals surface area contributed by atoms with Gasteiger partial charge < -0.3 is 9.47 Å². The van der Waals surface area contributed by atoms with Crippen molar-refractivity contribution < 1.29 is 17.9 Å². The van der Waals surface area contributed by atoms with E-state index in [1.165, 1.54) is 0 Å². The minimum atomic E-state index is -3.19. The van der Waals surface area contributed by atoms with Crippen molar-refractivity contribution >= 4 is 10.0 Å². The van der Waals surface area contributed by atoms with Crippen molar-refractivity contribution in [2.24, 2.45) is 5.92 Å². The molecule has 2 fully saturated rings. The summed E-state index contributed by atoms with van der Waals surface area (Å²) in [6, 6.07) is 3.82. The Hall–Kier alpha value is -1.02. The van der Waals surface area contributed by atoms with E-state index in [1.807, 2.05) is 12.1 Å². The van der Waals surface area contributed by atoms with Crippen molar-refractivity contribution in [3.8, 4) is 0 Å². The van der Waals surface area contributed by atoms with Gasteiger partial charge in [-0.3, -0.25) is 4.98 Å². The molecule has 128 valence electrons. The van der Waals surface area contributed by atoms with Crippen LogP contribution in [0.4, 0.5) is 0 Å². The highest BCUT2D eigenvalue weighted by molar-refractivity contribution is 7.89. The molecule has 3 heterocycles. The van der Waals surface area contributed by atoms with Crippen LogP contribution in [-0.4, -0.2) is 55.9 Å². The average Bonchev–Trinajstić information content (AvgIpc) is 3.04. The first-order valence-corrected chi connectivity index (χ1v) is 9.80. The summed E-state index contributed by atoms with van der Waals surface area (Å²) in [5.74, 6) is 0.471. The molecule has 2 saturated heterocycles. The quantitative estimate of drug-likeness (QED) is 0.783. The van der Waals surface area contributed by atoms with Gasteiger partial charge in [-0.25, -0.2) is 8.42 Å². The first-order valence-electron chi connectivity index (χ1n) is 8.19. The van der Waals surface area contributed by atoms with E-state index in [4.69, 9.17) is 9.47 Å². The van der Waals surface area contributed by atoms with E-state index in [-0.39, 0.29) is 17.8 Å². The van der Waals surface area contributed by atoms with Gasteiger partial charge in [0, 0.05) is 38.7 Å². The molecule has 0 saturated carbocycles.